The predicted molar refractivity (Wildman–Crippen MR) is 101 cm³/mol. The molecule has 0 saturated carbocycles. The number of ether oxygens (including phenoxy) is 1. The highest BCUT2D eigenvalue weighted by Crippen LogP contribution is 2.13. The van der Waals surface area contributed by atoms with Gasteiger partial charge in [-0.2, -0.15) is 0 Å². The molecule has 24 heavy (non-hydrogen) atoms. The third-order valence-electron chi connectivity index (χ3n) is 4.33. The molecule has 0 aliphatic carbocycles. The fourth-order valence-corrected chi connectivity index (χ4v) is 3.68. The highest BCUT2D eigenvalue weighted by molar-refractivity contribution is 7.11. The van der Waals surface area contributed by atoms with Crippen molar-refractivity contribution in [3.63, 3.8) is 0 Å². The Morgan fingerprint density at radius 2 is 2.25 bits per heavy atom. The van der Waals surface area contributed by atoms with Gasteiger partial charge >= 0.3 is 0 Å². The van der Waals surface area contributed by atoms with Crippen LogP contribution in [0.4, 0.5) is 0 Å². The number of aliphatic imine (C=N–C) groups is 1. The number of hydrogen-bond acceptors (Lipinski definition) is 5. The Hall–Kier alpha value is -1.18. The van der Waals surface area contributed by atoms with Crippen molar-refractivity contribution >= 4 is 17.3 Å². The van der Waals surface area contributed by atoms with E-state index in [1.165, 1.54) is 4.88 Å². The van der Waals surface area contributed by atoms with Crippen LogP contribution in [0.15, 0.2) is 11.2 Å². The van der Waals surface area contributed by atoms with Crippen LogP contribution in [0, 0.1) is 0 Å². The summed E-state index contributed by atoms with van der Waals surface area (Å²) in [5, 5.41) is 8.04. The second-order valence-corrected chi connectivity index (χ2v) is 7.31. The second kappa shape index (κ2) is 10.6. The number of piperidine rings is 1. The Morgan fingerprint density at radius 3 is 2.88 bits per heavy atom. The fraction of sp³-hybridized carbons (Fsp3) is 0.765. The van der Waals surface area contributed by atoms with Gasteiger partial charge in [-0.15, -0.1) is 11.3 Å². The largest absolute Gasteiger partial charge is 0.385 e. The Labute approximate surface area is 149 Å². The maximum Gasteiger partial charge on any atom is 0.191 e. The van der Waals surface area contributed by atoms with Gasteiger partial charge in [0, 0.05) is 57.5 Å². The second-order valence-electron chi connectivity index (χ2n) is 6.11. The molecule has 1 aromatic heterocycles. The molecule has 136 valence electrons. The molecular formula is C17H31N5OS. The van der Waals surface area contributed by atoms with Crippen molar-refractivity contribution in [2.45, 2.75) is 45.2 Å². The van der Waals surface area contributed by atoms with E-state index in [-0.39, 0.29) is 0 Å². The number of nitrogens with one attached hydrogen (secondary N) is 2. The van der Waals surface area contributed by atoms with Crippen LogP contribution in [0.1, 0.15) is 36.1 Å². The van der Waals surface area contributed by atoms with E-state index in [1.807, 2.05) is 13.2 Å². The Balaban J connectivity index is 1.68. The van der Waals surface area contributed by atoms with Gasteiger partial charge in [0.05, 0.1) is 6.54 Å². The first-order valence-electron chi connectivity index (χ1n) is 8.87. The van der Waals surface area contributed by atoms with E-state index in [0.717, 1.165) is 69.4 Å². The standard InChI is InChI=1S/C17H31N5OS/c1-4-15-12-19-16(24-15)13-20-17(18-2)21-14-6-9-22(10-7-14)8-5-11-23-3/h12,14H,4-11,13H2,1-3H3,(H2,18,20,21). The summed E-state index contributed by atoms with van der Waals surface area (Å²) >= 11 is 1.77. The molecule has 1 fully saturated rings. The van der Waals surface area contributed by atoms with Crippen molar-refractivity contribution in [2.75, 3.05) is 40.4 Å². The lowest BCUT2D eigenvalue weighted by Crippen LogP contribution is -2.48. The van der Waals surface area contributed by atoms with Gasteiger partial charge in [0.15, 0.2) is 5.96 Å². The molecule has 0 atom stereocenters. The summed E-state index contributed by atoms with van der Waals surface area (Å²) < 4.78 is 5.13. The van der Waals surface area contributed by atoms with Crippen LogP contribution in [0.2, 0.25) is 0 Å². The number of thiazole rings is 1. The molecule has 0 aromatic carbocycles. The Bertz CT molecular complexity index is 497. The van der Waals surface area contributed by atoms with E-state index in [1.54, 1.807) is 18.4 Å². The Kier molecular flexibility index (Phi) is 8.49. The van der Waals surface area contributed by atoms with E-state index in [2.05, 4.69) is 32.4 Å². The topological polar surface area (TPSA) is 61.8 Å². The van der Waals surface area contributed by atoms with Crippen LogP contribution in [0.25, 0.3) is 0 Å². The van der Waals surface area contributed by atoms with Crippen molar-refractivity contribution in [3.05, 3.63) is 16.1 Å². The number of aromatic nitrogens is 1. The fourth-order valence-electron chi connectivity index (χ4n) is 2.87. The summed E-state index contributed by atoms with van der Waals surface area (Å²) in [5.74, 6) is 0.876. The van der Waals surface area contributed by atoms with Crippen LogP contribution in [-0.4, -0.2) is 62.3 Å². The van der Waals surface area contributed by atoms with E-state index < -0.39 is 0 Å². The molecule has 1 aliphatic heterocycles. The molecular weight excluding hydrogens is 322 g/mol. The zero-order chi connectivity index (χ0) is 17.2. The number of hydrogen-bond donors (Lipinski definition) is 2. The quantitative estimate of drug-likeness (QED) is 0.424. The van der Waals surface area contributed by atoms with Crippen LogP contribution >= 0.6 is 11.3 Å². The molecule has 1 aromatic rings. The zero-order valence-electron chi connectivity index (χ0n) is 15.2. The first-order chi connectivity index (χ1) is 11.7. The minimum atomic E-state index is 0.498. The molecule has 2 N–H and O–H groups in total. The summed E-state index contributed by atoms with van der Waals surface area (Å²) in [5.41, 5.74) is 0. The lowest BCUT2D eigenvalue weighted by Gasteiger charge is -2.33. The van der Waals surface area contributed by atoms with Crippen molar-refractivity contribution in [1.82, 2.24) is 20.5 Å². The zero-order valence-corrected chi connectivity index (χ0v) is 16.0. The van der Waals surface area contributed by atoms with Gasteiger partial charge in [-0.1, -0.05) is 6.92 Å². The van der Waals surface area contributed by atoms with Gasteiger partial charge in [0.1, 0.15) is 5.01 Å². The molecule has 0 unspecified atom stereocenters. The minimum Gasteiger partial charge on any atom is -0.385 e. The van der Waals surface area contributed by atoms with Crippen molar-refractivity contribution in [3.8, 4) is 0 Å². The van der Waals surface area contributed by atoms with Crippen LogP contribution < -0.4 is 10.6 Å². The average molecular weight is 354 g/mol. The molecule has 1 aliphatic rings. The number of aryl methyl sites for hydroxylation is 1. The lowest BCUT2D eigenvalue weighted by molar-refractivity contribution is 0.155. The molecule has 6 nitrogen and oxygen atoms in total. The average Bonchev–Trinajstić information content (AvgIpc) is 3.08. The third-order valence-corrected chi connectivity index (χ3v) is 5.47. The van der Waals surface area contributed by atoms with Gasteiger partial charge in [-0.05, 0) is 25.7 Å². The highest BCUT2D eigenvalue weighted by atomic mass is 32.1. The molecule has 0 spiro atoms. The number of guanidine groups is 1. The van der Waals surface area contributed by atoms with Crippen molar-refractivity contribution in [2.24, 2.45) is 4.99 Å². The van der Waals surface area contributed by atoms with Gasteiger partial charge < -0.3 is 20.3 Å². The SMILES string of the molecule is CCc1cnc(CNC(=NC)NC2CCN(CCCOC)CC2)s1. The maximum absolute atomic E-state index is 5.13. The summed E-state index contributed by atoms with van der Waals surface area (Å²) in [6.45, 7) is 7.17. The van der Waals surface area contributed by atoms with Gasteiger partial charge in [0.25, 0.3) is 0 Å². The van der Waals surface area contributed by atoms with Gasteiger partial charge in [-0.25, -0.2) is 4.98 Å². The first-order valence-corrected chi connectivity index (χ1v) is 9.68. The van der Waals surface area contributed by atoms with E-state index in [4.69, 9.17) is 4.74 Å². The molecule has 0 radical (unpaired) electrons. The molecule has 0 amide bonds. The first kappa shape index (κ1) is 19.1. The molecule has 1 saturated heterocycles. The molecule has 2 rings (SSSR count). The van der Waals surface area contributed by atoms with Crippen LogP contribution in [0.3, 0.4) is 0 Å². The molecule has 0 bridgehead atoms. The van der Waals surface area contributed by atoms with Crippen LogP contribution in [-0.2, 0) is 17.7 Å². The lowest BCUT2D eigenvalue weighted by atomic mass is 10.1. The molecule has 2 heterocycles. The maximum atomic E-state index is 5.13. The van der Waals surface area contributed by atoms with Gasteiger partial charge in [-0.3, -0.25) is 4.99 Å². The number of methoxy groups -OCH3 is 1. The van der Waals surface area contributed by atoms with Crippen LogP contribution in [0.5, 0.6) is 0 Å². The molecule has 7 heteroatoms. The summed E-state index contributed by atoms with van der Waals surface area (Å²) in [6.07, 6.45) is 6.45. The van der Waals surface area contributed by atoms with Crippen molar-refractivity contribution < 1.29 is 4.74 Å². The predicted octanol–water partition coefficient (Wildman–Crippen LogP) is 1.87. The summed E-state index contributed by atoms with van der Waals surface area (Å²) in [7, 11) is 3.60. The smallest absolute Gasteiger partial charge is 0.191 e. The van der Waals surface area contributed by atoms with Crippen molar-refractivity contribution in [1.29, 1.82) is 0 Å². The van der Waals surface area contributed by atoms with E-state index in [9.17, 15) is 0 Å². The monoisotopic (exact) mass is 353 g/mol. The highest BCUT2D eigenvalue weighted by Gasteiger charge is 2.19. The Morgan fingerprint density at radius 1 is 1.46 bits per heavy atom. The summed E-state index contributed by atoms with van der Waals surface area (Å²) in [6, 6.07) is 0.498. The summed E-state index contributed by atoms with van der Waals surface area (Å²) in [4.78, 5) is 12.6. The third kappa shape index (κ3) is 6.37. The van der Waals surface area contributed by atoms with E-state index in [0.29, 0.717) is 6.04 Å². The normalized spacial score (nSPS) is 17.2. The number of likely N-dealkylation sites (tertiary alicyclic amines) is 1. The van der Waals surface area contributed by atoms with E-state index >= 15 is 0 Å². The van der Waals surface area contributed by atoms with Gasteiger partial charge in [0.2, 0.25) is 0 Å². The number of rotatable bonds is 8. The number of nitrogens with zero attached hydrogens (tertiary/aromatic N) is 3. The minimum absolute atomic E-state index is 0.498.